The zero-order valence-electron chi connectivity index (χ0n) is 7.03. The summed E-state index contributed by atoms with van der Waals surface area (Å²) < 4.78 is 0. The predicted octanol–water partition coefficient (Wildman–Crippen LogP) is 0.979. The molecule has 1 aromatic rings. The van der Waals surface area contributed by atoms with E-state index in [0.29, 0.717) is 0 Å². The molecule has 0 aromatic heterocycles. The number of benzene rings is 1. The molecule has 1 atom stereocenters. The van der Waals surface area contributed by atoms with Gasteiger partial charge in [0, 0.05) is 5.69 Å². The molecule has 13 heavy (non-hydrogen) atoms. The third-order valence-electron chi connectivity index (χ3n) is 2.00. The van der Waals surface area contributed by atoms with Crippen LogP contribution in [-0.2, 0) is 4.79 Å². The number of rotatable bonds is 0. The fourth-order valence-electron chi connectivity index (χ4n) is 1.27. The maximum absolute atomic E-state index is 11.3. The molecule has 0 fully saturated rings. The molecular formula is C10H10N2O. The van der Waals surface area contributed by atoms with Gasteiger partial charge in [-0.15, -0.1) is 0 Å². The maximum atomic E-state index is 11.3. The predicted molar refractivity (Wildman–Crippen MR) is 52.1 cm³/mol. The lowest BCUT2D eigenvalue weighted by Gasteiger charge is -2.06. The number of nitrogens with two attached hydrogens (primary N) is 1. The van der Waals surface area contributed by atoms with Crippen molar-refractivity contribution in [3.8, 4) is 0 Å². The van der Waals surface area contributed by atoms with Gasteiger partial charge in [-0.3, -0.25) is 4.79 Å². The second-order valence-corrected chi connectivity index (χ2v) is 2.96. The van der Waals surface area contributed by atoms with Crippen molar-refractivity contribution < 1.29 is 4.79 Å². The van der Waals surface area contributed by atoms with Crippen molar-refractivity contribution in [2.24, 2.45) is 5.73 Å². The van der Waals surface area contributed by atoms with Crippen LogP contribution in [0.4, 0.5) is 5.69 Å². The largest absolute Gasteiger partial charge is 0.324 e. The standard InChI is InChI=1S/C10H10N2O/c11-8-6-5-7-3-1-2-4-9(7)12-10(8)13/h1-6,8H,11H2,(H,12,13). The normalized spacial score (nSPS) is 20.4. The van der Waals surface area contributed by atoms with Crippen LogP contribution in [0, 0.1) is 0 Å². The molecule has 0 spiro atoms. The first kappa shape index (κ1) is 8.01. The van der Waals surface area contributed by atoms with Gasteiger partial charge in [0.25, 0.3) is 0 Å². The molecule has 0 bridgehead atoms. The van der Waals surface area contributed by atoms with Crippen LogP contribution in [0.2, 0.25) is 0 Å². The molecule has 1 aromatic carbocycles. The Hall–Kier alpha value is -1.61. The number of hydrogen-bond acceptors (Lipinski definition) is 2. The molecule has 1 aliphatic heterocycles. The average molecular weight is 174 g/mol. The Morgan fingerprint density at radius 3 is 2.92 bits per heavy atom. The van der Waals surface area contributed by atoms with E-state index in [1.807, 2.05) is 30.3 Å². The number of nitrogens with one attached hydrogen (secondary N) is 1. The molecular weight excluding hydrogens is 164 g/mol. The first-order chi connectivity index (χ1) is 6.27. The summed E-state index contributed by atoms with van der Waals surface area (Å²) in [6, 6.07) is 7.04. The summed E-state index contributed by atoms with van der Waals surface area (Å²) in [5.74, 6) is -0.166. The highest BCUT2D eigenvalue weighted by atomic mass is 16.2. The van der Waals surface area contributed by atoms with Gasteiger partial charge in [-0.25, -0.2) is 0 Å². The Morgan fingerprint density at radius 1 is 1.31 bits per heavy atom. The minimum absolute atomic E-state index is 0.166. The topological polar surface area (TPSA) is 55.1 Å². The number of amides is 1. The first-order valence-electron chi connectivity index (χ1n) is 4.11. The summed E-state index contributed by atoms with van der Waals surface area (Å²) in [6.45, 7) is 0. The molecule has 0 saturated heterocycles. The molecule has 2 rings (SSSR count). The average Bonchev–Trinajstić information content (AvgIpc) is 2.28. The van der Waals surface area contributed by atoms with Gasteiger partial charge < -0.3 is 11.1 Å². The van der Waals surface area contributed by atoms with Crippen molar-refractivity contribution in [1.29, 1.82) is 0 Å². The smallest absolute Gasteiger partial charge is 0.245 e. The van der Waals surface area contributed by atoms with Gasteiger partial charge in [0.2, 0.25) is 5.91 Å². The van der Waals surface area contributed by atoms with Gasteiger partial charge in [-0.1, -0.05) is 30.4 Å². The van der Waals surface area contributed by atoms with Crippen molar-refractivity contribution >= 4 is 17.7 Å². The third-order valence-corrected chi connectivity index (χ3v) is 2.00. The van der Waals surface area contributed by atoms with Crippen LogP contribution in [-0.4, -0.2) is 11.9 Å². The third kappa shape index (κ3) is 1.46. The highest BCUT2D eigenvalue weighted by Crippen LogP contribution is 2.19. The van der Waals surface area contributed by atoms with Crippen molar-refractivity contribution in [2.45, 2.75) is 6.04 Å². The molecule has 0 radical (unpaired) electrons. The van der Waals surface area contributed by atoms with Gasteiger partial charge in [-0.05, 0) is 11.6 Å². The van der Waals surface area contributed by atoms with E-state index in [4.69, 9.17) is 5.73 Å². The van der Waals surface area contributed by atoms with Crippen molar-refractivity contribution in [1.82, 2.24) is 0 Å². The van der Waals surface area contributed by atoms with Crippen LogP contribution in [0.25, 0.3) is 6.08 Å². The maximum Gasteiger partial charge on any atom is 0.245 e. The molecule has 3 nitrogen and oxygen atoms in total. The Labute approximate surface area is 76.2 Å². The summed E-state index contributed by atoms with van der Waals surface area (Å²) in [5.41, 5.74) is 7.36. The Morgan fingerprint density at radius 2 is 2.08 bits per heavy atom. The van der Waals surface area contributed by atoms with E-state index in [9.17, 15) is 4.79 Å². The second-order valence-electron chi connectivity index (χ2n) is 2.96. The lowest BCUT2D eigenvalue weighted by atomic mass is 10.2. The number of carbonyl (C=O) groups is 1. The number of hydrogen-bond donors (Lipinski definition) is 2. The minimum Gasteiger partial charge on any atom is -0.324 e. The molecule has 0 aliphatic carbocycles. The molecule has 1 heterocycles. The first-order valence-corrected chi connectivity index (χ1v) is 4.11. The summed E-state index contributed by atoms with van der Waals surface area (Å²) in [5, 5.41) is 2.75. The van der Waals surface area contributed by atoms with E-state index in [-0.39, 0.29) is 5.91 Å². The molecule has 0 saturated carbocycles. The van der Waals surface area contributed by atoms with Gasteiger partial charge in [0.05, 0.1) is 0 Å². The highest BCUT2D eigenvalue weighted by Gasteiger charge is 2.14. The molecule has 3 heteroatoms. The summed E-state index contributed by atoms with van der Waals surface area (Å²) in [4.78, 5) is 11.3. The number of carbonyl (C=O) groups excluding carboxylic acids is 1. The van der Waals surface area contributed by atoms with Crippen molar-refractivity contribution in [3.63, 3.8) is 0 Å². The Kier molecular flexibility index (Phi) is 1.87. The van der Waals surface area contributed by atoms with Crippen LogP contribution in [0.5, 0.6) is 0 Å². The quantitative estimate of drug-likeness (QED) is 0.616. The number of para-hydroxylation sites is 1. The zero-order valence-corrected chi connectivity index (χ0v) is 7.03. The molecule has 3 N–H and O–H groups in total. The molecule has 66 valence electrons. The minimum atomic E-state index is -0.549. The molecule has 1 unspecified atom stereocenters. The van der Waals surface area contributed by atoms with E-state index in [0.717, 1.165) is 11.3 Å². The summed E-state index contributed by atoms with van der Waals surface area (Å²) >= 11 is 0. The van der Waals surface area contributed by atoms with E-state index in [2.05, 4.69) is 5.32 Å². The van der Waals surface area contributed by atoms with Crippen molar-refractivity contribution in [3.05, 3.63) is 35.9 Å². The van der Waals surface area contributed by atoms with Crippen LogP contribution < -0.4 is 11.1 Å². The lowest BCUT2D eigenvalue weighted by molar-refractivity contribution is -0.116. The van der Waals surface area contributed by atoms with Gasteiger partial charge in [0.1, 0.15) is 6.04 Å². The van der Waals surface area contributed by atoms with Crippen LogP contribution >= 0.6 is 0 Å². The Balaban J connectivity index is 2.46. The fourth-order valence-corrected chi connectivity index (χ4v) is 1.27. The molecule has 1 amide bonds. The number of fused-ring (bicyclic) bond motifs is 1. The fraction of sp³-hybridized carbons (Fsp3) is 0.100. The van der Waals surface area contributed by atoms with E-state index >= 15 is 0 Å². The van der Waals surface area contributed by atoms with Crippen molar-refractivity contribution in [2.75, 3.05) is 5.32 Å². The monoisotopic (exact) mass is 174 g/mol. The van der Waals surface area contributed by atoms with E-state index in [1.54, 1.807) is 6.08 Å². The zero-order chi connectivity index (χ0) is 9.26. The molecule has 1 aliphatic rings. The van der Waals surface area contributed by atoms with Gasteiger partial charge in [0.15, 0.2) is 0 Å². The highest BCUT2D eigenvalue weighted by molar-refractivity contribution is 5.99. The van der Waals surface area contributed by atoms with E-state index < -0.39 is 6.04 Å². The van der Waals surface area contributed by atoms with Crippen LogP contribution in [0.15, 0.2) is 30.3 Å². The summed E-state index contributed by atoms with van der Waals surface area (Å²) in [7, 11) is 0. The second kappa shape index (κ2) is 3.03. The summed E-state index contributed by atoms with van der Waals surface area (Å²) in [6.07, 6.45) is 3.55. The van der Waals surface area contributed by atoms with Crippen LogP contribution in [0.1, 0.15) is 5.56 Å². The van der Waals surface area contributed by atoms with Gasteiger partial charge >= 0.3 is 0 Å². The SMILES string of the molecule is NC1C=Cc2ccccc2NC1=O. The van der Waals surface area contributed by atoms with E-state index in [1.165, 1.54) is 0 Å². The van der Waals surface area contributed by atoms with Crippen LogP contribution in [0.3, 0.4) is 0 Å². The lowest BCUT2D eigenvalue weighted by Crippen LogP contribution is -2.32. The Bertz CT molecular complexity index is 371. The number of anilines is 1. The van der Waals surface area contributed by atoms with Gasteiger partial charge in [-0.2, -0.15) is 0 Å².